The Balaban J connectivity index is 1.86. The van der Waals surface area contributed by atoms with E-state index in [-0.39, 0.29) is 18.4 Å². The number of primary amides is 1. The molecule has 0 aliphatic carbocycles. The van der Waals surface area contributed by atoms with Crippen LogP contribution in [-0.2, 0) is 38.4 Å². The Hall–Kier alpha value is -4.92. The number of ether oxygens (including phenoxy) is 1. The van der Waals surface area contributed by atoms with Gasteiger partial charge in [-0.1, -0.05) is 111 Å². The van der Waals surface area contributed by atoms with Crippen LogP contribution in [0.3, 0.4) is 0 Å². The van der Waals surface area contributed by atoms with E-state index in [2.05, 4.69) is 16.0 Å². The monoisotopic (exact) mass is 654 g/mol. The first-order valence-electron chi connectivity index (χ1n) is 16.5. The fraction of sp³-hybridized carbons (Fsp3) is 0.385. The van der Waals surface area contributed by atoms with Crippen molar-refractivity contribution in [3.05, 3.63) is 119 Å². The van der Waals surface area contributed by atoms with E-state index < -0.39 is 41.5 Å². The van der Waals surface area contributed by atoms with Crippen LogP contribution in [0.5, 0.6) is 0 Å². The minimum atomic E-state index is -0.941. The highest BCUT2D eigenvalue weighted by molar-refractivity contribution is 5.98. The number of alkyl carbamates (subject to hydrolysis) is 1. The standard InChI is InChI=1S/C39H50N4O5/c1-27(2)23-34(37(46)42-33(35(40)44)26-30-19-13-8-14-20-30)43-36(45)31(24-28-15-9-6-10-16-28)21-22-32(25-29-17-11-7-12-18-29)41-38(47)48-39(3,4)5/h6-21,27,32-34H,22-26H2,1-5H3,(H2,40,44)(H,41,47)(H,42,46)(H,43,45)/b31-21+/t32-,33+,34+/m1/s1. The lowest BCUT2D eigenvalue weighted by Crippen LogP contribution is -2.54. The molecule has 5 N–H and O–H groups in total. The van der Waals surface area contributed by atoms with E-state index >= 15 is 0 Å². The van der Waals surface area contributed by atoms with E-state index in [1.165, 1.54) is 0 Å². The van der Waals surface area contributed by atoms with Gasteiger partial charge in [-0.05, 0) is 62.6 Å². The SMILES string of the molecule is CC(C)C[C@H](NC(=O)/C(=C/C[C@H](Cc1ccccc1)NC(=O)OC(C)(C)C)Cc1ccccc1)C(=O)N[C@@H](Cc1ccccc1)C(N)=O. The van der Waals surface area contributed by atoms with Gasteiger partial charge in [-0.3, -0.25) is 14.4 Å². The first-order chi connectivity index (χ1) is 22.8. The summed E-state index contributed by atoms with van der Waals surface area (Å²) in [5, 5.41) is 8.68. The van der Waals surface area contributed by atoms with Crippen molar-refractivity contribution in [3.8, 4) is 0 Å². The van der Waals surface area contributed by atoms with Gasteiger partial charge in [0.2, 0.25) is 17.7 Å². The van der Waals surface area contributed by atoms with Crippen molar-refractivity contribution in [2.45, 2.75) is 90.4 Å². The van der Waals surface area contributed by atoms with Crippen molar-refractivity contribution in [3.63, 3.8) is 0 Å². The van der Waals surface area contributed by atoms with E-state index in [1.54, 1.807) is 20.8 Å². The number of hydrogen-bond acceptors (Lipinski definition) is 5. The van der Waals surface area contributed by atoms with E-state index in [1.807, 2.05) is 111 Å². The van der Waals surface area contributed by atoms with Crippen LogP contribution in [0, 0.1) is 5.92 Å². The zero-order valence-electron chi connectivity index (χ0n) is 28.7. The molecule has 0 saturated carbocycles. The van der Waals surface area contributed by atoms with Crippen molar-refractivity contribution in [2.24, 2.45) is 11.7 Å². The number of amides is 4. The Morgan fingerprint density at radius 3 is 1.75 bits per heavy atom. The zero-order chi connectivity index (χ0) is 35.1. The van der Waals surface area contributed by atoms with E-state index in [9.17, 15) is 19.2 Å². The topological polar surface area (TPSA) is 140 Å². The summed E-state index contributed by atoms with van der Waals surface area (Å²) in [5.41, 5.74) is 8.24. The van der Waals surface area contributed by atoms with Crippen LogP contribution in [0.15, 0.2) is 103 Å². The molecule has 0 bridgehead atoms. The third-order valence-corrected chi connectivity index (χ3v) is 7.50. The predicted octanol–water partition coefficient (Wildman–Crippen LogP) is 5.43. The largest absolute Gasteiger partial charge is 0.444 e. The van der Waals surface area contributed by atoms with Crippen LogP contribution in [0.2, 0.25) is 0 Å². The molecule has 256 valence electrons. The summed E-state index contributed by atoms with van der Waals surface area (Å²) in [7, 11) is 0. The zero-order valence-corrected chi connectivity index (χ0v) is 28.7. The molecule has 0 spiro atoms. The first-order valence-corrected chi connectivity index (χ1v) is 16.5. The molecule has 48 heavy (non-hydrogen) atoms. The molecule has 9 heteroatoms. The van der Waals surface area contributed by atoms with Gasteiger partial charge in [0.1, 0.15) is 17.7 Å². The van der Waals surface area contributed by atoms with Crippen molar-refractivity contribution in [1.29, 1.82) is 0 Å². The van der Waals surface area contributed by atoms with Crippen LogP contribution < -0.4 is 21.7 Å². The highest BCUT2D eigenvalue weighted by Gasteiger charge is 2.28. The smallest absolute Gasteiger partial charge is 0.407 e. The summed E-state index contributed by atoms with van der Waals surface area (Å²) < 4.78 is 5.53. The number of hydrogen-bond donors (Lipinski definition) is 4. The van der Waals surface area contributed by atoms with Crippen molar-refractivity contribution in [2.75, 3.05) is 0 Å². The fourth-order valence-corrected chi connectivity index (χ4v) is 5.21. The Bertz CT molecular complexity index is 1500. The molecule has 9 nitrogen and oxygen atoms in total. The minimum absolute atomic E-state index is 0.0667. The summed E-state index contributed by atoms with van der Waals surface area (Å²) in [6, 6.07) is 26.4. The van der Waals surface area contributed by atoms with Crippen LogP contribution >= 0.6 is 0 Å². The molecule has 0 aliphatic rings. The first kappa shape index (κ1) is 37.5. The average Bonchev–Trinajstić information content (AvgIpc) is 3.02. The molecule has 0 heterocycles. The summed E-state index contributed by atoms with van der Waals surface area (Å²) in [6.45, 7) is 9.33. The van der Waals surface area contributed by atoms with Crippen molar-refractivity contribution >= 4 is 23.8 Å². The van der Waals surface area contributed by atoms with E-state index in [0.29, 0.717) is 31.3 Å². The Morgan fingerprint density at radius 2 is 1.25 bits per heavy atom. The van der Waals surface area contributed by atoms with E-state index in [0.717, 1.165) is 16.7 Å². The fourth-order valence-electron chi connectivity index (χ4n) is 5.21. The maximum atomic E-state index is 14.0. The van der Waals surface area contributed by atoms with Crippen molar-refractivity contribution < 1.29 is 23.9 Å². The molecule has 0 aliphatic heterocycles. The number of nitrogens with two attached hydrogens (primary N) is 1. The number of rotatable bonds is 16. The quantitative estimate of drug-likeness (QED) is 0.153. The Morgan fingerprint density at radius 1 is 0.729 bits per heavy atom. The molecular formula is C39H50N4O5. The molecule has 3 atom stereocenters. The second-order valence-electron chi connectivity index (χ2n) is 13.5. The number of benzene rings is 3. The van der Waals surface area contributed by atoms with Crippen LogP contribution in [0.25, 0.3) is 0 Å². The highest BCUT2D eigenvalue weighted by Crippen LogP contribution is 2.16. The normalized spacial score (nSPS) is 13.6. The Labute approximate surface area is 284 Å². The lowest BCUT2D eigenvalue weighted by Gasteiger charge is -2.25. The van der Waals surface area contributed by atoms with Crippen molar-refractivity contribution in [1.82, 2.24) is 16.0 Å². The lowest BCUT2D eigenvalue weighted by molar-refractivity contribution is -0.130. The second-order valence-corrected chi connectivity index (χ2v) is 13.5. The third-order valence-electron chi connectivity index (χ3n) is 7.50. The molecule has 0 aromatic heterocycles. The predicted molar refractivity (Wildman–Crippen MR) is 189 cm³/mol. The van der Waals surface area contributed by atoms with Gasteiger partial charge < -0.3 is 26.4 Å². The van der Waals surface area contributed by atoms with Gasteiger partial charge in [-0.15, -0.1) is 0 Å². The van der Waals surface area contributed by atoms with E-state index in [4.69, 9.17) is 10.5 Å². The van der Waals surface area contributed by atoms with Crippen LogP contribution in [0.4, 0.5) is 4.79 Å². The molecule has 3 aromatic carbocycles. The van der Waals surface area contributed by atoms with Gasteiger partial charge in [-0.2, -0.15) is 0 Å². The molecule has 3 aromatic rings. The third kappa shape index (κ3) is 13.8. The molecule has 0 saturated heterocycles. The molecule has 0 unspecified atom stereocenters. The number of carbonyl (C=O) groups excluding carboxylic acids is 4. The van der Waals surface area contributed by atoms with Gasteiger partial charge in [0.05, 0.1) is 0 Å². The van der Waals surface area contributed by atoms with Gasteiger partial charge in [0.25, 0.3) is 0 Å². The summed E-state index contributed by atoms with van der Waals surface area (Å²) in [5.74, 6) is -1.48. The van der Waals surface area contributed by atoms with Crippen LogP contribution in [-0.4, -0.2) is 47.5 Å². The molecule has 3 rings (SSSR count). The summed E-state index contributed by atoms with van der Waals surface area (Å²) in [6.07, 6.45) is 3.03. The minimum Gasteiger partial charge on any atom is -0.444 e. The van der Waals surface area contributed by atoms with Gasteiger partial charge in [0, 0.05) is 24.5 Å². The van der Waals surface area contributed by atoms with Gasteiger partial charge in [-0.25, -0.2) is 4.79 Å². The maximum absolute atomic E-state index is 14.0. The second kappa shape index (κ2) is 18.4. The molecule has 4 amide bonds. The average molecular weight is 655 g/mol. The number of nitrogens with one attached hydrogen (secondary N) is 3. The molecular weight excluding hydrogens is 604 g/mol. The molecule has 0 fully saturated rings. The highest BCUT2D eigenvalue weighted by atomic mass is 16.6. The summed E-state index contributed by atoms with van der Waals surface area (Å²) >= 11 is 0. The maximum Gasteiger partial charge on any atom is 0.407 e. The van der Waals surface area contributed by atoms with Gasteiger partial charge in [0.15, 0.2) is 0 Å². The lowest BCUT2D eigenvalue weighted by atomic mass is 9.97. The van der Waals surface area contributed by atoms with Crippen LogP contribution in [0.1, 0.15) is 64.2 Å². The molecule has 0 radical (unpaired) electrons. The number of carbonyl (C=O) groups is 4. The van der Waals surface area contributed by atoms with Gasteiger partial charge >= 0.3 is 6.09 Å². The summed E-state index contributed by atoms with van der Waals surface area (Å²) in [4.78, 5) is 52.7. The Kier molecular flexibility index (Phi) is 14.4.